The summed E-state index contributed by atoms with van der Waals surface area (Å²) in [6.45, 7) is 2.26. The Balaban J connectivity index is 1.85. The molecule has 0 unspecified atom stereocenters. The molecule has 2 rings (SSSR count). The minimum absolute atomic E-state index is 0.850. The summed E-state index contributed by atoms with van der Waals surface area (Å²) in [5, 5.41) is 2.39. The molecule has 0 amide bonds. The van der Waals surface area contributed by atoms with Crippen molar-refractivity contribution in [2.24, 2.45) is 4.99 Å². The Morgan fingerprint density at radius 2 is 1.35 bits per heavy atom. The van der Waals surface area contributed by atoms with E-state index in [0.29, 0.717) is 0 Å². The summed E-state index contributed by atoms with van der Waals surface area (Å²) < 4.78 is 0. The van der Waals surface area contributed by atoms with E-state index in [-0.39, 0.29) is 0 Å². The highest BCUT2D eigenvalue weighted by Crippen LogP contribution is 2.23. The molecule has 2 aromatic carbocycles. The maximum Gasteiger partial charge on any atom is 0.0739 e. The molecule has 120 valence electrons. The fourth-order valence-electron chi connectivity index (χ4n) is 2.75. The number of nitrogens with zero attached hydrogens (tertiary/aromatic N) is 1. The number of hydrogen-bond donors (Lipinski definition) is 0. The van der Waals surface area contributed by atoms with Gasteiger partial charge in [-0.05, 0) is 53.9 Å². The number of isothiocyanates is 1. The average Bonchev–Trinajstić information content (AvgIpc) is 2.60. The summed E-state index contributed by atoms with van der Waals surface area (Å²) in [4.78, 5) is 3.98. The number of unbranched alkanes of at least 4 members (excludes halogenated alkanes) is 5. The van der Waals surface area contributed by atoms with E-state index < -0.39 is 0 Å². The quantitative estimate of drug-likeness (QED) is 0.275. The van der Waals surface area contributed by atoms with Gasteiger partial charge >= 0.3 is 0 Å². The third-order valence-corrected chi connectivity index (χ3v) is 4.24. The molecular weight excluding hydrogens is 298 g/mol. The van der Waals surface area contributed by atoms with E-state index in [1.807, 2.05) is 12.1 Å². The highest BCUT2D eigenvalue weighted by Gasteiger charge is 1.99. The fourth-order valence-corrected chi connectivity index (χ4v) is 2.86. The lowest BCUT2D eigenvalue weighted by atomic mass is 10.0. The van der Waals surface area contributed by atoms with Crippen molar-refractivity contribution in [3.8, 4) is 11.1 Å². The fraction of sp³-hybridized carbons (Fsp3) is 0.381. The van der Waals surface area contributed by atoms with Crippen molar-refractivity contribution in [1.29, 1.82) is 0 Å². The highest BCUT2D eigenvalue weighted by atomic mass is 32.1. The van der Waals surface area contributed by atoms with Gasteiger partial charge in [0.25, 0.3) is 0 Å². The Hall–Kier alpha value is -1.76. The number of rotatable bonds is 9. The monoisotopic (exact) mass is 323 g/mol. The van der Waals surface area contributed by atoms with Crippen LogP contribution in [0.5, 0.6) is 0 Å². The molecule has 0 aromatic heterocycles. The van der Waals surface area contributed by atoms with E-state index in [1.165, 1.54) is 61.6 Å². The molecule has 2 aromatic rings. The SMILES string of the molecule is CCCCCCCCc1ccc(-c2ccc(N=C=S)cc2)cc1. The van der Waals surface area contributed by atoms with Crippen molar-refractivity contribution in [3.05, 3.63) is 54.1 Å². The predicted molar refractivity (Wildman–Crippen MR) is 104 cm³/mol. The van der Waals surface area contributed by atoms with Crippen LogP contribution >= 0.6 is 12.2 Å². The van der Waals surface area contributed by atoms with Crippen LogP contribution in [-0.4, -0.2) is 5.16 Å². The topological polar surface area (TPSA) is 12.4 Å². The van der Waals surface area contributed by atoms with E-state index in [0.717, 1.165) is 5.69 Å². The third kappa shape index (κ3) is 6.09. The predicted octanol–water partition coefficient (Wildman–Crippen LogP) is 6.99. The molecule has 2 heteroatoms. The van der Waals surface area contributed by atoms with Gasteiger partial charge in [0.15, 0.2) is 0 Å². The molecule has 1 nitrogen and oxygen atoms in total. The smallest absolute Gasteiger partial charge is 0.0739 e. The van der Waals surface area contributed by atoms with Crippen molar-refractivity contribution < 1.29 is 0 Å². The second-order valence-electron chi connectivity index (χ2n) is 5.96. The molecule has 0 heterocycles. The van der Waals surface area contributed by atoms with Crippen LogP contribution in [-0.2, 0) is 6.42 Å². The molecule has 0 aliphatic carbocycles. The highest BCUT2D eigenvalue weighted by molar-refractivity contribution is 7.78. The Bertz CT molecular complexity index is 622. The molecule has 0 spiro atoms. The molecule has 0 atom stereocenters. The van der Waals surface area contributed by atoms with E-state index in [9.17, 15) is 0 Å². The van der Waals surface area contributed by atoms with Gasteiger partial charge in [0.1, 0.15) is 0 Å². The third-order valence-electron chi connectivity index (χ3n) is 4.15. The Morgan fingerprint density at radius 3 is 1.96 bits per heavy atom. The molecule has 0 saturated carbocycles. The number of aryl methyl sites for hydroxylation is 1. The zero-order valence-electron chi connectivity index (χ0n) is 13.9. The second-order valence-corrected chi connectivity index (χ2v) is 6.15. The van der Waals surface area contributed by atoms with Gasteiger partial charge in [-0.3, -0.25) is 0 Å². The standard InChI is InChI=1S/C21H25NS/c1-2-3-4-5-6-7-8-18-9-11-19(12-10-18)20-13-15-21(16-14-20)22-17-23/h9-16H,2-8H2,1H3. The van der Waals surface area contributed by atoms with Crippen LogP contribution in [0, 0.1) is 0 Å². The van der Waals surface area contributed by atoms with E-state index in [2.05, 4.69) is 65.7 Å². The van der Waals surface area contributed by atoms with Crippen molar-refractivity contribution >= 4 is 23.1 Å². The van der Waals surface area contributed by atoms with Gasteiger partial charge in [-0.25, -0.2) is 0 Å². The average molecular weight is 324 g/mol. The van der Waals surface area contributed by atoms with Crippen LogP contribution in [0.4, 0.5) is 5.69 Å². The maximum atomic E-state index is 4.62. The van der Waals surface area contributed by atoms with Crippen molar-refractivity contribution in [1.82, 2.24) is 0 Å². The minimum atomic E-state index is 0.850. The molecule has 0 bridgehead atoms. The number of aliphatic imine (C=N–C) groups is 1. The lowest BCUT2D eigenvalue weighted by molar-refractivity contribution is 0.607. The lowest BCUT2D eigenvalue weighted by Crippen LogP contribution is -1.87. The summed E-state index contributed by atoms with van der Waals surface area (Å²) in [5.41, 5.74) is 4.74. The number of thiocarbonyl (C=S) groups is 1. The maximum absolute atomic E-state index is 4.62. The summed E-state index contributed by atoms with van der Waals surface area (Å²) >= 11 is 4.62. The molecule has 0 aliphatic rings. The first-order chi connectivity index (χ1) is 11.3. The lowest BCUT2D eigenvalue weighted by Gasteiger charge is -2.05. The zero-order chi connectivity index (χ0) is 16.3. The Labute approximate surface area is 145 Å². The van der Waals surface area contributed by atoms with E-state index >= 15 is 0 Å². The molecule has 0 fully saturated rings. The van der Waals surface area contributed by atoms with Gasteiger partial charge in [0, 0.05) is 0 Å². The van der Waals surface area contributed by atoms with Crippen molar-refractivity contribution in [3.63, 3.8) is 0 Å². The first-order valence-electron chi connectivity index (χ1n) is 8.60. The Kier molecular flexibility index (Phi) is 7.72. The summed E-state index contributed by atoms with van der Waals surface area (Å²) in [7, 11) is 0. The van der Waals surface area contributed by atoms with Gasteiger partial charge in [0.2, 0.25) is 0 Å². The zero-order valence-corrected chi connectivity index (χ0v) is 14.7. The molecule has 0 radical (unpaired) electrons. The van der Waals surface area contributed by atoms with Gasteiger partial charge in [-0.1, -0.05) is 75.4 Å². The normalized spacial score (nSPS) is 10.3. The first-order valence-corrected chi connectivity index (χ1v) is 9.01. The molecule has 0 N–H and O–H groups in total. The minimum Gasteiger partial charge on any atom is -0.195 e. The molecule has 0 aliphatic heterocycles. The van der Waals surface area contributed by atoms with Gasteiger partial charge in [-0.15, -0.1) is 0 Å². The van der Waals surface area contributed by atoms with Crippen LogP contribution in [0.25, 0.3) is 11.1 Å². The first kappa shape index (κ1) is 17.6. The molecule has 0 saturated heterocycles. The van der Waals surface area contributed by atoms with Crippen LogP contribution < -0.4 is 0 Å². The van der Waals surface area contributed by atoms with E-state index in [4.69, 9.17) is 0 Å². The van der Waals surface area contributed by atoms with Gasteiger partial charge in [0.05, 0.1) is 10.8 Å². The van der Waals surface area contributed by atoms with Crippen molar-refractivity contribution in [2.75, 3.05) is 0 Å². The Morgan fingerprint density at radius 1 is 0.783 bits per heavy atom. The molecular formula is C21H25NS. The van der Waals surface area contributed by atoms with Crippen LogP contribution in [0.15, 0.2) is 53.5 Å². The van der Waals surface area contributed by atoms with Crippen LogP contribution in [0.3, 0.4) is 0 Å². The number of benzene rings is 2. The summed E-state index contributed by atoms with van der Waals surface area (Å²) in [6, 6.07) is 17.0. The second kappa shape index (κ2) is 10.1. The molecule has 23 heavy (non-hydrogen) atoms. The van der Waals surface area contributed by atoms with Crippen molar-refractivity contribution in [2.45, 2.75) is 51.9 Å². The summed E-state index contributed by atoms with van der Waals surface area (Å²) in [6.07, 6.45) is 9.30. The van der Waals surface area contributed by atoms with Gasteiger partial charge in [-0.2, -0.15) is 4.99 Å². The largest absolute Gasteiger partial charge is 0.195 e. The number of hydrogen-bond acceptors (Lipinski definition) is 2. The van der Waals surface area contributed by atoms with Gasteiger partial charge < -0.3 is 0 Å². The summed E-state index contributed by atoms with van der Waals surface area (Å²) in [5.74, 6) is 0. The van der Waals surface area contributed by atoms with E-state index in [1.54, 1.807) is 0 Å². The van der Waals surface area contributed by atoms with Crippen LogP contribution in [0.2, 0.25) is 0 Å². The van der Waals surface area contributed by atoms with Crippen LogP contribution in [0.1, 0.15) is 51.0 Å².